The maximum absolute atomic E-state index is 13.2. The monoisotopic (exact) mass is 368 g/mol. The molecule has 21 heavy (non-hydrogen) atoms. The molecule has 0 aliphatic carbocycles. The van der Waals surface area contributed by atoms with E-state index in [2.05, 4.69) is 21.4 Å². The summed E-state index contributed by atoms with van der Waals surface area (Å²) in [6.45, 7) is 0. The molecule has 3 rings (SSSR count). The van der Waals surface area contributed by atoms with E-state index < -0.39 is 6.04 Å². The van der Waals surface area contributed by atoms with Crippen molar-refractivity contribution in [3.05, 3.63) is 69.1 Å². The predicted molar refractivity (Wildman–Crippen MR) is 84.5 cm³/mol. The van der Waals surface area contributed by atoms with E-state index in [4.69, 9.17) is 21.9 Å². The third-order valence-electron chi connectivity index (χ3n) is 3.22. The molecule has 3 N–H and O–H groups in total. The first-order valence-electron chi connectivity index (χ1n) is 6.18. The summed E-state index contributed by atoms with van der Waals surface area (Å²) in [5.41, 5.74) is 4.19. The number of rotatable bonds is 3. The first-order valence-corrected chi connectivity index (χ1v) is 7.35. The molecule has 108 valence electrons. The van der Waals surface area contributed by atoms with Crippen LogP contribution in [0.5, 0.6) is 0 Å². The van der Waals surface area contributed by atoms with Crippen LogP contribution < -0.4 is 11.3 Å². The summed E-state index contributed by atoms with van der Waals surface area (Å²) in [7, 11) is 0. The fourth-order valence-electron chi connectivity index (χ4n) is 2.24. The lowest BCUT2D eigenvalue weighted by Gasteiger charge is -2.15. The van der Waals surface area contributed by atoms with E-state index in [1.165, 1.54) is 12.1 Å². The maximum Gasteiger partial charge on any atom is 0.134 e. The zero-order valence-electron chi connectivity index (χ0n) is 10.7. The van der Waals surface area contributed by atoms with Crippen LogP contribution in [-0.4, -0.2) is 0 Å². The fraction of sp³-hybridized carbons (Fsp3) is 0.0667. The summed E-state index contributed by atoms with van der Waals surface area (Å²) in [4.78, 5) is 0. The highest BCUT2D eigenvalue weighted by Crippen LogP contribution is 2.32. The Morgan fingerprint density at radius 1 is 1.19 bits per heavy atom. The van der Waals surface area contributed by atoms with Crippen LogP contribution in [0.2, 0.25) is 5.02 Å². The van der Waals surface area contributed by atoms with Crippen LogP contribution >= 0.6 is 27.5 Å². The Morgan fingerprint density at radius 3 is 2.71 bits per heavy atom. The van der Waals surface area contributed by atoms with Gasteiger partial charge in [-0.2, -0.15) is 0 Å². The Hall–Kier alpha value is -1.40. The highest BCUT2D eigenvalue weighted by Gasteiger charge is 2.20. The quantitative estimate of drug-likeness (QED) is 0.526. The summed E-state index contributed by atoms with van der Waals surface area (Å²) in [6.07, 6.45) is 0. The molecule has 6 heteroatoms. The molecule has 0 aliphatic heterocycles. The number of hydrazine groups is 1. The number of nitrogens with one attached hydrogen (secondary N) is 1. The van der Waals surface area contributed by atoms with Crippen molar-refractivity contribution in [2.24, 2.45) is 5.84 Å². The summed E-state index contributed by atoms with van der Waals surface area (Å²) in [5, 5.41) is 1.52. The average molecular weight is 370 g/mol. The number of halogens is 3. The summed E-state index contributed by atoms with van der Waals surface area (Å²) in [5.74, 6) is 5.95. The average Bonchev–Trinajstić information content (AvgIpc) is 2.84. The minimum absolute atomic E-state index is 0.321. The van der Waals surface area contributed by atoms with Crippen LogP contribution in [0.3, 0.4) is 0 Å². The van der Waals surface area contributed by atoms with Gasteiger partial charge in [-0.05, 0) is 42.0 Å². The van der Waals surface area contributed by atoms with Gasteiger partial charge >= 0.3 is 0 Å². The van der Waals surface area contributed by atoms with Crippen LogP contribution in [0.1, 0.15) is 17.4 Å². The van der Waals surface area contributed by atoms with Gasteiger partial charge in [0, 0.05) is 14.9 Å². The number of hydrogen-bond donors (Lipinski definition) is 2. The van der Waals surface area contributed by atoms with E-state index in [1.807, 2.05) is 12.1 Å². The first-order chi connectivity index (χ1) is 10.1. The van der Waals surface area contributed by atoms with Crippen molar-refractivity contribution in [1.29, 1.82) is 0 Å². The molecule has 1 heterocycles. The number of benzene rings is 2. The van der Waals surface area contributed by atoms with Crippen LogP contribution in [0.4, 0.5) is 4.39 Å². The Morgan fingerprint density at radius 2 is 2.00 bits per heavy atom. The van der Waals surface area contributed by atoms with Crippen molar-refractivity contribution in [3.8, 4) is 0 Å². The second kappa shape index (κ2) is 5.77. The summed E-state index contributed by atoms with van der Waals surface area (Å²) in [6, 6.07) is 11.3. The molecule has 1 aromatic heterocycles. The largest absolute Gasteiger partial charge is 0.459 e. The van der Waals surface area contributed by atoms with Crippen molar-refractivity contribution in [2.75, 3.05) is 0 Å². The topological polar surface area (TPSA) is 51.2 Å². The standard InChI is InChI=1S/C15H11BrClFN2O/c16-12-7-10(18)2-3-11(12)15(20-19)14-6-8-5-9(17)1-4-13(8)21-14/h1-7,15,20H,19H2. The minimum Gasteiger partial charge on any atom is -0.459 e. The molecule has 0 saturated heterocycles. The Labute approximate surface area is 134 Å². The molecule has 0 amide bonds. The van der Waals surface area contributed by atoms with E-state index in [1.54, 1.807) is 18.2 Å². The first kappa shape index (κ1) is 14.5. The van der Waals surface area contributed by atoms with Gasteiger partial charge in [-0.25, -0.2) is 9.82 Å². The molecule has 0 fully saturated rings. The van der Waals surface area contributed by atoms with Crippen molar-refractivity contribution in [3.63, 3.8) is 0 Å². The van der Waals surface area contributed by atoms with Crippen molar-refractivity contribution < 1.29 is 8.81 Å². The van der Waals surface area contributed by atoms with E-state index >= 15 is 0 Å². The van der Waals surface area contributed by atoms with Gasteiger partial charge in [0.05, 0.1) is 0 Å². The number of nitrogens with two attached hydrogens (primary N) is 1. The third-order valence-corrected chi connectivity index (χ3v) is 4.14. The molecule has 0 saturated carbocycles. The van der Waals surface area contributed by atoms with Crippen molar-refractivity contribution >= 4 is 38.5 Å². The van der Waals surface area contributed by atoms with E-state index in [0.717, 1.165) is 10.9 Å². The van der Waals surface area contributed by atoms with Gasteiger partial charge < -0.3 is 4.42 Å². The van der Waals surface area contributed by atoms with Gasteiger partial charge in [-0.1, -0.05) is 33.6 Å². The van der Waals surface area contributed by atoms with Crippen molar-refractivity contribution in [2.45, 2.75) is 6.04 Å². The second-order valence-corrected chi connectivity index (χ2v) is 5.89. The van der Waals surface area contributed by atoms with Gasteiger partial charge in [-0.15, -0.1) is 0 Å². The lowest BCUT2D eigenvalue weighted by molar-refractivity contribution is 0.476. The maximum atomic E-state index is 13.2. The molecule has 2 aromatic carbocycles. The number of hydrogen-bond acceptors (Lipinski definition) is 3. The molecule has 1 unspecified atom stereocenters. The molecule has 0 spiro atoms. The van der Waals surface area contributed by atoms with Gasteiger partial charge in [0.15, 0.2) is 0 Å². The van der Waals surface area contributed by atoms with Gasteiger partial charge in [0.2, 0.25) is 0 Å². The lowest BCUT2D eigenvalue weighted by Crippen LogP contribution is -2.28. The molecule has 3 aromatic rings. The summed E-state index contributed by atoms with van der Waals surface area (Å²) < 4.78 is 19.6. The molecule has 1 atom stereocenters. The number of furan rings is 1. The third kappa shape index (κ3) is 2.82. The normalized spacial score (nSPS) is 12.8. The number of fused-ring (bicyclic) bond motifs is 1. The van der Waals surface area contributed by atoms with Crippen LogP contribution in [0, 0.1) is 5.82 Å². The molecular formula is C15H11BrClFN2O. The SMILES string of the molecule is NNC(c1cc2cc(Cl)ccc2o1)c1ccc(F)cc1Br. The highest BCUT2D eigenvalue weighted by molar-refractivity contribution is 9.10. The summed E-state index contributed by atoms with van der Waals surface area (Å²) >= 11 is 9.31. The van der Waals surface area contributed by atoms with Crippen LogP contribution in [-0.2, 0) is 0 Å². The van der Waals surface area contributed by atoms with E-state index in [-0.39, 0.29) is 5.82 Å². The zero-order valence-corrected chi connectivity index (χ0v) is 13.1. The Kier molecular flexibility index (Phi) is 3.99. The fourth-order valence-corrected chi connectivity index (χ4v) is 3.00. The molecule has 3 nitrogen and oxygen atoms in total. The molecule has 0 aliphatic rings. The van der Waals surface area contributed by atoms with Crippen molar-refractivity contribution in [1.82, 2.24) is 5.43 Å². The van der Waals surface area contributed by atoms with Gasteiger partial charge in [0.25, 0.3) is 0 Å². The molecule has 0 bridgehead atoms. The van der Waals surface area contributed by atoms with E-state index in [0.29, 0.717) is 20.8 Å². The van der Waals surface area contributed by atoms with E-state index in [9.17, 15) is 4.39 Å². The van der Waals surface area contributed by atoms with Gasteiger partial charge in [-0.3, -0.25) is 5.84 Å². The second-order valence-electron chi connectivity index (χ2n) is 4.60. The van der Waals surface area contributed by atoms with Gasteiger partial charge in [0.1, 0.15) is 23.2 Å². The highest BCUT2D eigenvalue weighted by atomic mass is 79.9. The lowest BCUT2D eigenvalue weighted by atomic mass is 10.0. The van der Waals surface area contributed by atoms with Crippen LogP contribution in [0.15, 0.2) is 51.4 Å². The Balaban J connectivity index is 2.09. The smallest absolute Gasteiger partial charge is 0.134 e. The Bertz CT molecular complexity index is 805. The predicted octanol–water partition coefficient (Wildman–Crippen LogP) is 4.54. The van der Waals surface area contributed by atoms with Crippen LogP contribution in [0.25, 0.3) is 11.0 Å². The minimum atomic E-state index is -0.397. The molecular weight excluding hydrogens is 359 g/mol. The zero-order chi connectivity index (χ0) is 15.0. The molecule has 0 radical (unpaired) electrons.